The van der Waals surface area contributed by atoms with Crippen LogP contribution in [0, 0.1) is 11.6 Å². The molecule has 9 nitrogen and oxygen atoms in total. The lowest BCUT2D eigenvalue weighted by Crippen LogP contribution is -2.42. The number of imidazole rings is 1. The zero-order valence-electron chi connectivity index (χ0n) is 23.3. The number of esters is 1. The lowest BCUT2D eigenvalue weighted by Gasteiger charge is -2.36. The Labute approximate surface area is 251 Å². The number of ether oxygens (including phenoxy) is 2. The summed E-state index contributed by atoms with van der Waals surface area (Å²) in [6, 6.07) is 6.18. The van der Waals surface area contributed by atoms with Gasteiger partial charge in [-0.05, 0) is 36.6 Å². The Kier molecular flexibility index (Phi) is 8.38. The highest BCUT2D eigenvalue weighted by atomic mass is 35.5. The lowest BCUT2D eigenvalue weighted by atomic mass is 10.0. The van der Waals surface area contributed by atoms with Crippen molar-refractivity contribution < 1.29 is 34.0 Å². The number of methoxy groups -OCH3 is 1. The zero-order valence-corrected chi connectivity index (χ0v) is 23.8. The van der Waals surface area contributed by atoms with Gasteiger partial charge in [0.05, 0.1) is 37.2 Å². The molecule has 2 aliphatic heterocycles. The van der Waals surface area contributed by atoms with Crippen molar-refractivity contribution in [3.05, 3.63) is 81.2 Å². The number of halogens is 4. The predicted octanol–water partition coefficient (Wildman–Crippen LogP) is 6.68. The first-order valence-corrected chi connectivity index (χ1v) is 13.8. The first-order valence-electron chi connectivity index (χ1n) is 13.5. The number of aromatic amines is 1. The number of carbonyl (C=O) groups is 3. The molecule has 0 radical (unpaired) electrons. The van der Waals surface area contributed by atoms with Gasteiger partial charge < -0.3 is 19.8 Å². The fourth-order valence-electron chi connectivity index (χ4n) is 4.88. The van der Waals surface area contributed by atoms with Crippen LogP contribution in [0.5, 0.6) is 0 Å². The molecule has 5 rings (SSSR count). The molecular weight excluding hydrogens is 593 g/mol. The minimum Gasteiger partial charge on any atom is -0.469 e. The highest BCUT2D eigenvalue weighted by molar-refractivity contribution is 6.32. The van der Waals surface area contributed by atoms with Gasteiger partial charge in [-0.3, -0.25) is 14.5 Å². The third-order valence-corrected chi connectivity index (χ3v) is 7.54. The van der Waals surface area contributed by atoms with E-state index >= 15 is 0 Å². The molecule has 2 aromatic carbocycles. The van der Waals surface area contributed by atoms with Gasteiger partial charge in [0.25, 0.3) is 0 Å². The number of amides is 2. The van der Waals surface area contributed by atoms with Crippen LogP contribution in [0.15, 0.2) is 42.5 Å². The van der Waals surface area contributed by atoms with Crippen molar-refractivity contribution >= 4 is 46.9 Å². The van der Waals surface area contributed by atoms with Gasteiger partial charge in [-0.25, -0.2) is 18.6 Å². The number of nitrogens with zero attached hydrogens (tertiary/aromatic N) is 2. The van der Waals surface area contributed by atoms with Crippen molar-refractivity contribution in [2.24, 2.45) is 0 Å². The molecule has 2 atom stereocenters. The molecule has 0 aliphatic carbocycles. The number of allylic oxidation sites excluding steroid dienone is 1. The van der Waals surface area contributed by atoms with E-state index in [2.05, 4.69) is 15.3 Å². The highest BCUT2D eigenvalue weighted by Gasteiger charge is 2.37. The molecule has 0 spiro atoms. The molecule has 3 aromatic rings. The van der Waals surface area contributed by atoms with E-state index in [1.807, 2.05) is 0 Å². The summed E-state index contributed by atoms with van der Waals surface area (Å²) in [5.41, 5.74) is 0.994. The summed E-state index contributed by atoms with van der Waals surface area (Å²) in [6.07, 6.45) is 0.740. The predicted molar refractivity (Wildman–Crippen MR) is 151 cm³/mol. The number of rotatable bonds is 4. The van der Waals surface area contributed by atoms with E-state index < -0.39 is 46.4 Å². The second-order valence-electron chi connectivity index (χ2n) is 9.68. The van der Waals surface area contributed by atoms with Crippen molar-refractivity contribution in [3.63, 3.8) is 0 Å². The van der Waals surface area contributed by atoms with Gasteiger partial charge in [-0.2, -0.15) is 0 Å². The van der Waals surface area contributed by atoms with Crippen molar-refractivity contribution in [2.75, 3.05) is 19.0 Å². The van der Waals surface area contributed by atoms with Crippen LogP contribution in [-0.4, -0.2) is 46.5 Å². The largest absolute Gasteiger partial charge is 0.469 e. The Morgan fingerprint density at radius 3 is 2.81 bits per heavy atom. The molecule has 42 heavy (non-hydrogen) atoms. The molecule has 2 N–H and O–H groups in total. The Bertz CT molecular complexity index is 1630. The van der Waals surface area contributed by atoms with Crippen LogP contribution in [0.3, 0.4) is 0 Å². The maximum Gasteiger partial charge on any atom is 0.411 e. The summed E-state index contributed by atoms with van der Waals surface area (Å²) >= 11 is 12.4. The standard InChI is InChI=1S/C29H26Cl2F2N4O5/c1-41-23(39)14-15-7-8-16-19(13-15)34-22(38)6-4-2-3-5-20(28-35-26(16)27(31)36-28)37-12-11-21(42-29(37)40)24-18(32)10-9-17(30)25(24)33/h2-3,7-10,13,20-21H,4-6,11-12,14H2,1H3,(H,34,38)(H,35,36)/b3-2+/t20-,21?/m0/s1/i21D. The summed E-state index contributed by atoms with van der Waals surface area (Å²) in [5, 5.41) is 2.59. The second-order valence-corrected chi connectivity index (χ2v) is 10.5. The molecule has 13 heteroatoms. The molecule has 3 heterocycles. The number of anilines is 1. The second kappa shape index (κ2) is 12.5. The quantitative estimate of drug-likeness (QED) is 0.191. The minimum atomic E-state index is -2.34. The zero-order chi connectivity index (χ0) is 30.9. The van der Waals surface area contributed by atoms with Gasteiger partial charge in [-0.15, -0.1) is 0 Å². The number of nitrogens with one attached hydrogen (secondary N) is 2. The van der Waals surface area contributed by atoms with Gasteiger partial charge >= 0.3 is 12.1 Å². The highest BCUT2D eigenvalue weighted by Crippen LogP contribution is 2.39. The maximum atomic E-state index is 14.8. The summed E-state index contributed by atoms with van der Waals surface area (Å²) < 4.78 is 48.1. The van der Waals surface area contributed by atoms with E-state index in [0.29, 0.717) is 23.2 Å². The fraction of sp³-hybridized carbons (Fsp3) is 0.310. The van der Waals surface area contributed by atoms with Crippen LogP contribution < -0.4 is 5.32 Å². The number of carbonyl (C=O) groups excluding carboxylic acids is 3. The van der Waals surface area contributed by atoms with Crippen LogP contribution in [0.1, 0.15) is 56.1 Å². The lowest BCUT2D eigenvalue weighted by molar-refractivity contribution is -0.139. The molecule has 2 bridgehead atoms. The third-order valence-electron chi connectivity index (χ3n) is 6.97. The molecule has 1 saturated heterocycles. The summed E-state index contributed by atoms with van der Waals surface area (Å²) in [5.74, 6) is -2.65. The van der Waals surface area contributed by atoms with E-state index in [1.165, 1.54) is 12.0 Å². The molecule has 1 unspecified atom stereocenters. The maximum absolute atomic E-state index is 14.8. The van der Waals surface area contributed by atoms with E-state index in [4.69, 9.17) is 34.0 Å². The van der Waals surface area contributed by atoms with E-state index in [-0.39, 0.29) is 54.8 Å². The summed E-state index contributed by atoms with van der Waals surface area (Å²) in [4.78, 5) is 46.9. The van der Waals surface area contributed by atoms with Gasteiger partial charge in [-0.1, -0.05) is 47.5 Å². The Morgan fingerprint density at radius 1 is 1.24 bits per heavy atom. The van der Waals surface area contributed by atoms with Gasteiger partial charge in [0.2, 0.25) is 5.91 Å². The van der Waals surface area contributed by atoms with Gasteiger partial charge in [0.1, 0.15) is 28.6 Å². The van der Waals surface area contributed by atoms with E-state index in [9.17, 15) is 23.2 Å². The number of aromatic nitrogens is 2. The molecule has 0 saturated carbocycles. The number of benzene rings is 2. The molecule has 220 valence electrons. The summed E-state index contributed by atoms with van der Waals surface area (Å²) in [7, 11) is 1.28. The molecule has 2 aliphatic rings. The molecule has 1 fully saturated rings. The Hall–Kier alpha value is -3.96. The minimum absolute atomic E-state index is 0.0123. The van der Waals surface area contributed by atoms with Crippen molar-refractivity contribution in [3.8, 4) is 11.3 Å². The first kappa shape index (κ1) is 28.2. The molecule has 2 amide bonds. The monoisotopic (exact) mass is 619 g/mol. The van der Waals surface area contributed by atoms with Crippen molar-refractivity contribution in [2.45, 2.75) is 44.2 Å². The summed E-state index contributed by atoms with van der Waals surface area (Å²) in [6.45, 7) is -0.104. The number of fused-ring (bicyclic) bond motifs is 4. The SMILES string of the molecule is [2H]C1(c2c(F)ccc(Cl)c2F)CCN([C@H]2C/C=C/CCC(=O)Nc3cc(CC(=O)OC)ccc3-c3nc2[nH]c3Cl)C(=O)O1. The Balaban J connectivity index is 1.50. The van der Waals surface area contributed by atoms with Crippen LogP contribution in [0.25, 0.3) is 11.3 Å². The van der Waals surface area contributed by atoms with Crippen LogP contribution in [0.4, 0.5) is 19.3 Å². The molecule has 1 aromatic heterocycles. The number of hydrogen-bond acceptors (Lipinski definition) is 6. The van der Waals surface area contributed by atoms with Gasteiger partial charge in [0, 0.05) is 24.9 Å². The van der Waals surface area contributed by atoms with Crippen LogP contribution in [-0.2, 0) is 25.5 Å². The molecular formula is C29H26Cl2F2N4O5. The smallest absolute Gasteiger partial charge is 0.411 e. The number of hydrogen-bond donors (Lipinski definition) is 2. The fourth-order valence-corrected chi connectivity index (χ4v) is 5.28. The number of cyclic esters (lactones) is 1. The van der Waals surface area contributed by atoms with Crippen molar-refractivity contribution in [1.82, 2.24) is 14.9 Å². The average molecular weight is 620 g/mol. The van der Waals surface area contributed by atoms with Crippen LogP contribution in [0.2, 0.25) is 10.2 Å². The van der Waals surface area contributed by atoms with E-state index in [1.54, 1.807) is 30.4 Å². The van der Waals surface area contributed by atoms with E-state index in [0.717, 1.165) is 12.1 Å². The number of H-pyrrole nitrogens is 1. The van der Waals surface area contributed by atoms with Crippen molar-refractivity contribution in [1.29, 1.82) is 0 Å². The Morgan fingerprint density at radius 2 is 2.05 bits per heavy atom. The normalized spacial score (nSPS) is 22.0. The average Bonchev–Trinajstić information content (AvgIpc) is 3.34. The third kappa shape index (κ3) is 6.12. The van der Waals surface area contributed by atoms with Crippen LogP contribution >= 0.6 is 23.2 Å². The first-order chi connectivity index (χ1) is 20.5. The van der Waals surface area contributed by atoms with Gasteiger partial charge in [0.15, 0.2) is 5.82 Å². The topological polar surface area (TPSA) is 114 Å².